The Bertz CT molecular complexity index is 1030. The first-order chi connectivity index (χ1) is 12.6. The van der Waals surface area contributed by atoms with E-state index in [4.69, 9.17) is 0 Å². The van der Waals surface area contributed by atoms with E-state index in [0.29, 0.717) is 12.8 Å². The molecule has 1 atom stereocenters. The molecule has 4 rings (SSSR count). The number of rotatable bonds is 3. The predicted octanol–water partition coefficient (Wildman–Crippen LogP) is 4.43. The highest BCUT2D eigenvalue weighted by Crippen LogP contribution is 2.42. The number of amides is 2. The average Bonchev–Trinajstić information content (AvgIpc) is 3.11. The summed E-state index contributed by atoms with van der Waals surface area (Å²) in [7, 11) is 0. The summed E-state index contributed by atoms with van der Waals surface area (Å²) in [6.45, 7) is 3.79. The van der Waals surface area contributed by atoms with Crippen LogP contribution in [-0.2, 0) is 9.59 Å². The Hall–Kier alpha value is -2.73. The lowest BCUT2D eigenvalue weighted by Gasteiger charge is -2.27. The van der Waals surface area contributed by atoms with E-state index in [9.17, 15) is 9.59 Å². The quantitative estimate of drug-likeness (QED) is 0.721. The molecule has 0 spiro atoms. The maximum absolute atomic E-state index is 12.3. The van der Waals surface area contributed by atoms with Gasteiger partial charge in [0, 0.05) is 30.1 Å². The van der Waals surface area contributed by atoms with Crippen LogP contribution in [0, 0.1) is 6.92 Å². The molecule has 0 radical (unpaired) electrons. The minimum absolute atomic E-state index is 0.0133. The first kappa shape index (κ1) is 16.7. The molecular weight excluding hydrogens is 346 g/mol. The maximum atomic E-state index is 12.3. The number of aromatic nitrogens is 1. The van der Waals surface area contributed by atoms with Gasteiger partial charge in [-0.05, 0) is 35.7 Å². The van der Waals surface area contributed by atoms with Crippen LogP contribution in [0.4, 0.5) is 11.4 Å². The summed E-state index contributed by atoms with van der Waals surface area (Å²) in [6.07, 6.45) is 0.822. The molecule has 132 valence electrons. The SMILES string of the molecule is CCC(=O)Nc1cc2c(cc1C)C(c1cccc3ncsc13)CC(=O)N2. The zero-order valence-electron chi connectivity index (χ0n) is 14.6. The number of fused-ring (bicyclic) bond motifs is 2. The van der Waals surface area contributed by atoms with Crippen LogP contribution < -0.4 is 10.6 Å². The van der Waals surface area contributed by atoms with Crippen molar-refractivity contribution in [1.29, 1.82) is 0 Å². The molecule has 1 aromatic heterocycles. The van der Waals surface area contributed by atoms with Gasteiger partial charge in [-0.1, -0.05) is 25.1 Å². The van der Waals surface area contributed by atoms with Gasteiger partial charge in [0.25, 0.3) is 0 Å². The van der Waals surface area contributed by atoms with E-state index in [2.05, 4.69) is 27.8 Å². The van der Waals surface area contributed by atoms with Crippen LogP contribution in [0.5, 0.6) is 0 Å². The average molecular weight is 365 g/mol. The second-order valence-corrected chi connectivity index (χ2v) is 7.36. The number of nitrogens with one attached hydrogen (secondary N) is 2. The van der Waals surface area contributed by atoms with Crippen molar-refractivity contribution in [1.82, 2.24) is 4.98 Å². The zero-order chi connectivity index (χ0) is 18.3. The number of anilines is 2. The molecule has 2 amide bonds. The molecule has 5 nitrogen and oxygen atoms in total. The fourth-order valence-corrected chi connectivity index (χ4v) is 4.32. The first-order valence-corrected chi connectivity index (χ1v) is 9.51. The van der Waals surface area contributed by atoms with Gasteiger partial charge in [-0.25, -0.2) is 4.98 Å². The van der Waals surface area contributed by atoms with Crippen molar-refractivity contribution in [2.45, 2.75) is 32.6 Å². The summed E-state index contributed by atoms with van der Waals surface area (Å²) in [5.41, 5.74) is 7.51. The summed E-state index contributed by atoms with van der Waals surface area (Å²) < 4.78 is 1.12. The van der Waals surface area contributed by atoms with Gasteiger partial charge in [0.05, 0.1) is 15.7 Å². The molecule has 26 heavy (non-hydrogen) atoms. The van der Waals surface area contributed by atoms with E-state index >= 15 is 0 Å². The molecule has 0 bridgehead atoms. The van der Waals surface area contributed by atoms with Crippen LogP contribution in [0.25, 0.3) is 10.2 Å². The smallest absolute Gasteiger partial charge is 0.225 e. The van der Waals surface area contributed by atoms with E-state index < -0.39 is 0 Å². The molecule has 1 aliphatic heterocycles. The van der Waals surface area contributed by atoms with E-state index in [1.165, 1.54) is 0 Å². The first-order valence-electron chi connectivity index (χ1n) is 8.63. The van der Waals surface area contributed by atoms with Gasteiger partial charge in [0.2, 0.25) is 11.8 Å². The van der Waals surface area contributed by atoms with E-state index in [0.717, 1.165) is 38.3 Å². The number of carbonyl (C=O) groups is 2. The van der Waals surface area contributed by atoms with Crippen LogP contribution in [0.3, 0.4) is 0 Å². The summed E-state index contributed by atoms with van der Waals surface area (Å²) in [5.74, 6) is -0.0701. The molecular formula is C20H19N3O2S. The standard InChI is InChI=1S/C20H19N3O2S/c1-3-18(24)22-16-9-17-14(7-11(16)2)13(8-19(25)23-17)12-5-4-6-15-20(12)26-10-21-15/h4-7,9-10,13H,3,8H2,1-2H3,(H,22,24)(H,23,25). The number of thiazole rings is 1. The lowest BCUT2D eigenvalue weighted by Crippen LogP contribution is -2.24. The Balaban J connectivity index is 1.83. The minimum Gasteiger partial charge on any atom is -0.326 e. The van der Waals surface area contributed by atoms with Gasteiger partial charge >= 0.3 is 0 Å². The molecule has 0 saturated carbocycles. The highest BCUT2D eigenvalue weighted by molar-refractivity contribution is 7.17. The monoisotopic (exact) mass is 365 g/mol. The predicted molar refractivity (Wildman–Crippen MR) is 105 cm³/mol. The largest absolute Gasteiger partial charge is 0.326 e. The van der Waals surface area contributed by atoms with E-state index in [1.54, 1.807) is 11.3 Å². The maximum Gasteiger partial charge on any atom is 0.225 e. The van der Waals surface area contributed by atoms with Crippen molar-refractivity contribution in [3.05, 3.63) is 52.5 Å². The number of nitrogens with zero attached hydrogens (tertiary/aromatic N) is 1. The Morgan fingerprint density at radius 2 is 2.19 bits per heavy atom. The topological polar surface area (TPSA) is 71.1 Å². The number of carbonyl (C=O) groups excluding carboxylic acids is 2. The van der Waals surface area contributed by atoms with Crippen LogP contribution in [0.1, 0.15) is 42.4 Å². The number of hydrogen-bond donors (Lipinski definition) is 2. The summed E-state index contributed by atoms with van der Waals surface area (Å²) in [6, 6.07) is 10.0. The Labute approximate surface area is 155 Å². The van der Waals surface area contributed by atoms with Crippen molar-refractivity contribution in [2.75, 3.05) is 10.6 Å². The van der Waals surface area contributed by atoms with Gasteiger partial charge in [-0.15, -0.1) is 11.3 Å². The second kappa shape index (κ2) is 6.53. The molecule has 0 aliphatic carbocycles. The fourth-order valence-electron chi connectivity index (χ4n) is 3.46. The lowest BCUT2D eigenvalue weighted by molar-refractivity contribution is -0.117. The van der Waals surface area contributed by atoms with Crippen molar-refractivity contribution in [3.63, 3.8) is 0 Å². The fraction of sp³-hybridized carbons (Fsp3) is 0.250. The lowest BCUT2D eigenvalue weighted by atomic mass is 9.83. The molecule has 2 aromatic carbocycles. The molecule has 1 aliphatic rings. The Kier molecular flexibility index (Phi) is 4.20. The van der Waals surface area contributed by atoms with Crippen LogP contribution in [0.15, 0.2) is 35.8 Å². The van der Waals surface area contributed by atoms with Crippen LogP contribution in [0.2, 0.25) is 0 Å². The molecule has 0 fully saturated rings. The van der Waals surface area contributed by atoms with Gasteiger partial charge in [0.1, 0.15) is 0 Å². The second-order valence-electron chi connectivity index (χ2n) is 6.51. The molecule has 6 heteroatoms. The van der Waals surface area contributed by atoms with Gasteiger partial charge < -0.3 is 10.6 Å². The molecule has 2 heterocycles. The molecule has 0 saturated heterocycles. The number of aryl methyl sites for hydroxylation is 1. The van der Waals surface area contributed by atoms with Crippen molar-refractivity contribution in [3.8, 4) is 0 Å². The molecule has 1 unspecified atom stereocenters. The van der Waals surface area contributed by atoms with Gasteiger partial charge in [-0.2, -0.15) is 0 Å². The normalized spacial score (nSPS) is 16.2. The molecule has 2 N–H and O–H groups in total. The summed E-state index contributed by atoms with van der Waals surface area (Å²) in [5, 5.41) is 5.86. The van der Waals surface area contributed by atoms with E-state index in [-0.39, 0.29) is 17.7 Å². The van der Waals surface area contributed by atoms with Crippen molar-refractivity contribution < 1.29 is 9.59 Å². The highest BCUT2D eigenvalue weighted by atomic mass is 32.1. The molecule has 3 aromatic rings. The number of benzene rings is 2. The zero-order valence-corrected chi connectivity index (χ0v) is 15.4. The Morgan fingerprint density at radius 1 is 1.35 bits per heavy atom. The van der Waals surface area contributed by atoms with Crippen molar-refractivity contribution >= 4 is 44.7 Å². The van der Waals surface area contributed by atoms with E-state index in [1.807, 2.05) is 37.6 Å². The minimum atomic E-state index is -0.0406. The highest BCUT2D eigenvalue weighted by Gasteiger charge is 2.29. The third kappa shape index (κ3) is 2.86. The van der Waals surface area contributed by atoms with Crippen LogP contribution >= 0.6 is 11.3 Å². The van der Waals surface area contributed by atoms with Crippen molar-refractivity contribution in [2.24, 2.45) is 0 Å². The third-order valence-electron chi connectivity index (χ3n) is 4.79. The van der Waals surface area contributed by atoms with Gasteiger partial charge in [0.15, 0.2) is 0 Å². The summed E-state index contributed by atoms with van der Waals surface area (Å²) >= 11 is 1.60. The number of hydrogen-bond acceptors (Lipinski definition) is 4. The van der Waals surface area contributed by atoms with Crippen LogP contribution in [-0.4, -0.2) is 16.8 Å². The van der Waals surface area contributed by atoms with Gasteiger partial charge in [-0.3, -0.25) is 9.59 Å². The summed E-state index contributed by atoms with van der Waals surface area (Å²) in [4.78, 5) is 28.5. The Morgan fingerprint density at radius 3 is 3.00 bits per heavy atom. The third-order valence-corrected chi connectivity index (χ3v) is 5.68.